The fourth-order valence-electron chi connectivity index (χ4n) is 2.52. The topological polar surface area (TPSA) is 21.8 Å². The lowest BCUT2D eigenvalue weighted by Crippen LogP contribution is -2.16. The SMILES string of the molecule is CCCCCCCCCc1cccc(OCC2(C)CO2)c1. The molecule has 1 fully saturated rings. The molecule has 0 radical (unpaired) electrons. The highest BCUT2D eigenvalue weighted by Gasteiger charge is 2.40. The molecule has 21 heavy (non-hydrogen) atoms. The molecule has 1 aromatic carbocycles. The number of benzene rings is 1. The van der Waals surface area contributed by atoms with E-state index in [0.717, 1.165) is 12.4 Å². The summed E-state index contributed by atoms with van der Waals surface area (Å²) in [6.07, 6.45) is 10.7. The molecule has 2 heteroatoms. The van der Waals surface area contributed by atoms with Crippen molar-refractivity contribution in [2.45, 2.75) is 70.8 Å². The summed E-state index contributed by atoms with van der Waals surface area (Å²) >= 11 is 0. The van der Waals surface area contributed by atoms with E-state index >= 15 is 0 Å². The Kier molecular flexibility index (Phi) is 6.56. The summed E-state index contributed by atoms with van der Waals surface area (Å²) in [7, 11) is 0. The maximum Gasteiger partial charge on any atom is 0.123 e. The van der Waals surface area contributed by atoms with E-state index in [1.165, 1.54) is 56.9 Å². The number of hydrogen-bond donors (Lipinski definition) is 0. The van der Waals surface area contributed by atoms with Crippen molar-refractivity contribution < 1.29 is 9.47 Å². The molecule has 0 bridgehead atoms. The maximum atomic E-state index is 5.82. The number of aryl methyl sites for hydroxylation is 1. The van der Waals surface area contributed by atoms with Gasteiger partial charge >= 0.3 is 0 Å². The average molecular weight is 290 g/mol. The zero-order valence-corrected chi connectivity index (χ0v) is 13.7. The Labute approximate surface area is 129 Å². The molecule has 118 valence electrons. The Morgan fingerprint density at radius 3 is 2.52 bits per heavy atom. The van der Waals surface area contributed by atoms with Crippen LogP contribution in [0.5, 0.6) is 5.75 Å². The van der Waals surface area contributed by atoms with Crippen LogP contribution < -0.4 is 4.74 Å². The Balaban J connectivity index is 1.61. The Morgan fingerprint density at radius 2 is 1.81 bits per heavy atom. The van der Waals surface area contributed by atoms with E-state index in [4.69, 9.17) is 9.47 Å². The summed E-state index contributed by atoms with van der Waals surface area (Å²) < 4.78 is 11.2. The molecule has 0 amide bonds. The van der Waals surface area contributed by atoms with Crippen LogP contribution in [0.3, 0.4) is 0 Å². The van der Waals surface area contributed by atoms with E-state index in [1.807, 2.05) is 6.07 Å². The first-order valence-corrected chi connectivity index (χ1v) is 8.57. The van der Waals surface area contributed by atoms with Gasteiger partial charge in [0.2, 0.25) is 0 Å². The van der Waals surface area contributed by atoms with Gasteiger partial charge in [-0.2, -0.15) is 0 Å². The van der Waals surface area contributed by atoms with Crippen LogP contribution in [0.15, 0.2) is 24.3 Å². The lowest BCUT2D eigenvalue weighted by molar-refractivity contribution is 0.202. The van der Waals surface area contributed by atoms with Crippen molar-refractivity contribution >= 4 is 0 Å². The molecule has 0 aliphatic carbocycles. The van der Waals surface area contributed by atoms with Crippen LogP contribution >= 0.6 is 0 Å². The molecule has 1 saturated heterocycles. The lowest BCUT2D eigenvalue weighted by Gasteiger charge is -2.10. The highest BCUT2D eigenvalue weighted by Crippen LogP contribution is 2.27. The van der Waals surface area contributed by atoms with Crippen molar-refractivity contribution in [3.8, 4) is 5.75 Å². The summed E-state index contributed by atoms with van der Waals surface area (Å²) in [6.45, 7) is 5.85. The molecule has 1 aliphatic rings. The zero-order valence-electron chi connectivity index (χ0n) is 13.7. The molecule has 0 saturated carbocycles. The molecule has 1 heterocycles. The summed E-state index contributed by atoms with van der Waals surface area (Å²) in [5.74, 6) is 0.979. The normalized spacial score (nSPS) is 20.5. The number of unbranched alkanes of at least 4 members (excludes halogenated alkanes) is 6. The molecule has 0 N–H and O–H groups in total. The first-order chi connectivity index (χ1) is 10.2. The highest BCUT2D eigenvalue weighted by molar-refractivity contribution is 5.28. The fourth-order valence-corrected chi connectivity index (χ4v) is 2.52. The van der Waals surface area contributed by atoms with Crippen LogP contribution in [0, 0.1) is 0 Å². The fraction of sp³-hybridized carbons (Fsp3) is 0.684. The van der Waals surface area contributed by atoms with Crippen molar-refractivity contribution in [2.24, 2.45) is 0 Å². The van der Waals surface area contributed by atoms with Crippen molar-refractivity contribution in [1.82, 2.24) is 0 Å². The second kappa shape index (κ2) is 8.43. The van der Waals surface area contributed by atoms with Gasteiger partial charge in [-0.3, -0.25) is 0 Å². The smallest absolute Gasteiger partial charge is 0.123 e. The molecule has 2 nitrogen and oxygen atoms in total. The van der Waals surface area contributed by atoms with Gasteiger partial charge in [0.15, 0.2) is 0 Å². The third-order valence-corrected chi connectivity index (χ3v) is 4.15. The molecule has 1 aromatic rings. The minimum atomic E-state index is -0.0332. The first-order valence-electron chi connectivity index (χ1n) is 8.57. The van der Waals surface area contributed by atoms with Crippen LogP contribution in [0.1, 0.15) is 64.4 Å². The van der Waals surface area contributed by atoms with Crippen molar-refractivity contribution in [3.63, 3.8) is 0 Å². The van der Waals surface area contributed by atoms with Crippen molar-refractivity contribution in [1.29, 1.82) is 0 Å². The second-order valence-electron chi connectivity index (χ2n) is 6.55. The van der Waals surface area contributed by atoms with Gasteiger partial charge in [0.25, 0.3) is 0 Å². The standard InChI is InChI=1S/C19H30O2/c1-3-4-5-6-7-8-9-11-17-12-10-13-18(14-17)20-15-19(2)16-21-19/h10,12-14H,3-9,11,15-16H2,1-2H3. The minimum Gasteiger partial charge on any atom is -0.490 e. The summed E-state index contributed by atoms with van der Waals surface area (Å²) in [4.78, 5) is 0. The Morgan fingerprint density at radius 1 is 1.10 bits per heavy atom. The Hall–Kier alpha value is -1.02. The van der Waals surface area contributed by atoms with Gasteiger partial charge in [-0.1, -0.05) is 57.6 Å². The lowest BCUT2D eigenvalue weighted by atomic mass is 10.0. The third-order valence-electron chi connectivity index (χ3n) is 4.15. The number of hydrogen-bond acceptors (Lipinski definition) is 2. The molecule has 1 unspecified atom stereocenters. The predicted octanol–water partition coefficient (Wildman–Crippen LogP) is 5.15. The monoisotopic (exact) mass is 290 g/mol. The van der Waals surface area contributed by atoms with Gasteiger partial charge in [0.05, 0.1) is 6.61 Å². The predicted molar refractivity (Wildman–Crippen MR) is 88.0 cm³/mol. The number of rotatable bonds is 11. The van der Waals surface area contributed by atoms with Crippen LogP contribution in [-0.4, -0.2) is 18.8 Å². The zero-order chi connectivity index (χ0) is 15.0. The molecular weight excluding hydrogens is 260 g/mol. The molecule has 0 aromatic heterocycles. The molecule has 1 aliphatic heterocycles. The first kappa shape index (κ1) is 16.4. The van der Waals surface area contributed by atoms with Gasteiger partial charge in [0, 0.05) is 0 Å². The maximum absolute atomic E-state index is 5.82. The van der Waals surface area contributed by atoms with E-state index in [2.05, 4.69) is 32.0 Å². The van der Waals surface area contributed by atoms with Crippen LogP contribution in [0.4, 0.5) is 0 Å². The summed E-state index contributed by atoms with van der Waals surface area (Å²) in [5, 5.41) is 0. The molecule has 1 atom stereocenters. The van der Waals surface area contributed by atoms with Crippen LogP contribution in [0.2, 0.25) is 0 Å². The van der Waals surface area contributed by atoms with E-state index in [1.54, 1.807) is 0 Å². The van der Waals surface area contributed by atoms with E-state index in [-0.39, 0.29) is 5.60 Å². The van der Waals surface area contributed by atoms with E-state index in [0.29, 0.717) is 6.61 Å². The number of epoxide rings is 1. The van der Waals surface area contributed by atoms with Gasteiger partial charge < -0.3 is 9.47 Å². The van der Waals surface area contributed by atoms with Gasteiger partial charge in [0.1, 0.15) is 18.0 Å². The average Bonchev–Trinajstić information content (AvgIpc) is 3.23. The molecular formula is C19H30O2. The van der Waals surface area contributed by atoms with E-state index < -0.39 is 0 Å². The van der Waals surface area contributed by atoms with E-state index in [9.17, 15) is 0 Å². The largest absolute Gasteiger partial charge is 0.490 e. The van der Waals surface area contributed by atoms with Gasteiger partial charge in [-0.25, -0.2) is 0 Å². The van der Waals surface area contributed by atoms with Gasteiger partial charge in [-0.05, 0) is 37.5 Å². The minimum absolute atomic E-state index is 0.0332. The highest BCUT2D eigenvalue weighted by atomic mass is 16.6. The summed E-state index contributed by atoms with van der Waals surface area (Å²) in [6, 6.07) is 8.53. The van der Waals surface area contributed by atoms with Crippen LogP contribution in [0.25, 0.3) is 0 Å². The summed E-state index contributed by atoms with van der Waals surface area (Å²) in [5.41, 5.74) is 1.36. The molecule has 2 rings (SSSR count). The Bertz CT molecular complexity index is 410. The van der Waals surface area contributed by atoms with Gasteiger partial charge in [-0.15, -0.1) is 0 Å². The van der Waals surface area contributed by atoms with Crippen molar-refractivity contribution in [3.05, 3.63) is 29.8 Å². The second-order valence-corrected chi connectivity index (χ2v) is 6.55. The van der Waals surface area contributed by atoms with Crippen LogP contribution in [-0.2, 0) is 11.2 Å². The van der Waals surface area contributed by atoms with Crippen molar-refractivity contribution in [2.75, 3.05) is 13.2 Å². The third kappa shape index (κ3) is 6.52. The molecule has 0 spiro atoms. The quantitative estimate of drug-likeness (QED) is 0.415. The number of ether oxygens (including phenoxy) is 2.